The van der Waals surface area contributed by atoms with Gasteiger partial charge in [0, 0.05) is 5.56 Å². The number of amides is 2. The average Bonchev–Trinajstić information content (AvgIpc) is 2.80. The Labute approximate surface area is 202 Å². The van der Waals surface area contributed by atoms with Crippen molar-refractivity contribution in [2.24, 2.45) is 0 Å². The van der Waals surface area contributed by atoms with E-state index in [4.69, 9.17) is 4.74 Å². The summed E-state index contributed by atoms with van der Waals surface area (Å²) in [6.07, 6.45) is 0. The molecule has 0 unspecified atom stereocenters. The zero-order chi connectivity index (χ0) is 24.9. The number of rotatable bonds is 5. The molecule has 0 aliphatic rings. The van der Waals surface area contributed by atoms with Crippen LogP contribution < -0.4 is 15.6 Å². The van der Waals surface area contributed by atoms with Gasteiger partial charge in [-0.15, -0.1) is 0 Å². The van der Waals surface area contributed by atoms with Crippen molar-refractivity contribution < 1.29 is 14.3 Å². The molecule has 2 amide bonds. The van der Waals surface area contributed by atoms with Crippen LogP contribution in [0.2, 0.25) is 0 Å². The number of hydrogen-bond donors (Lipinski definition) is 2. The molecule has 0 fully saturated rings. The summed E-state index contributed by atoms with van der Waals surface area (Å²) in [6, 6.07) is 23.2. The van der Waals surface area contributed by atoms with E-state index in [9.17, 15) is 9.59 Å². The largest absolute Gasteiger partial charge is 0.483 e. The van der Waals surface area contributed by atoms with E-state index < -0.39 is 11.8 Å². The average molecular weight is 459 g/mol. The first kappa shape index (κ1) is 25.0. The third-order valence-corrected chi connectivity index (χ3v) is 5.58. The lowest BCUT2D eigenvalue weighted by molar-refractivity contribution is -0.123. The lowest BCUT2D eigenvalue weighted by Crippen LogP contribution is -2.43. The predicted molar refractivity (Wildman–Crippen MR) is 137 cm³/mol. The van der Waals surface area contributed by atoms with Gasteiger partial charge in [0.2, 0.25) is 0 Å². The fourth-order valence-corrected chi connectivity index (χ4v) is 3.53. The summed E-state index contributed by atoms with van der Waals surface area (Å²) < 4.78 is 5.83. The Morgan fingerprint density at radius 2 is 1.35 bits per heavy atom. The molecule has 0 aromatic heterocycles. The van der Waals surface area contributed by atoms with Crippen LogP contribution in [-0.4, -0.2) is 18.4 Å². The van der Waals surface area contributed by atoms with Crippen LogP contribution in [0.15, 0.2) is 72.8 Å². The van der Waals surface area contributed by atoms with Crippen molar-refractivity contribution in [2.75, 3.05) is 6.61 Å². The first-order valence-corrected chi connectivity index (χ1v) is 11.5. The number of ether oxygens (including phenoxy) is 1. The van der Waals surface area contributed by atoms with Crippen molar-refractivity contribution >= 4 is 11.8 Å². The van der Waals surface area contributed by atoms with Crippen molar-refractivity contribution in [3.63, 3.8) is 0 Å². The molecule has 178 valence electrons. The van der Waals surface area contributed by atoms with Crippen LogP contribution in [-0.2, 0) is 15.6 Å². The zero-order valence-corrected chi connectivity index (χ0v) is 20.9. The van der Waals surface area contributed by atoms with E-state index in [1.54, 1.807) is 12.1 Å². The highest BCUT2D eigenvalue weighted by atomic mass is 16.5. The van der Waals surface area contributed by atoms with Crippen LogP contribution in [0.25, 0.3) is 11.1 Å². The molecule has 3 rings (SSSR count). The first-order chi connectivity index (χ1) is 15.9. The minimum Gasteiger partial charge on any atom is -0.483 e. The van der Waals surface area contributed by atoms with Gasteiger partial charge in [0.1, 0.15) is 5.75 Å². The summed E-state index contributed by atoms with van der Waals surface area (Å²) in [5, 5.41) is 0. The first-order valence-electron chi connectivity index (χ1n) is 11.5. The molecular weight excluding hydrogens is 424 g/mol. The van der Waals surface area contributed by atoms with Crippen molar-refractivity contribution in [3.8, 4) is 16.9 Å². The second-order valence-corrected chi connectivity index (χ2v) is 10.4. The van der Waals surface area contributed by atoms with Crippen LogP contribution in [0, 0.1) is 0 Å². The SMILES string of the molecule is CC(C)(C)c1ccc(OCC(=O)NNC(=O)c2ccc(-c3ccccc3)cc2)c(C(C)(C)C)c1. The zero-order valence-electron chi connectivity index (χ0n) is 20.9. The molecule has 2 N–H and O–H groups in total. The number of hydrogen-bond acceptors (Lipinski definition) is 3. The van der Waals surface area contributed by atoms with Crippen molar-refractivity contribution in [2.45, 2.75) is 52.4 Å². The molecule has 0 saturated heterocycles. The normalized spacial score (nSPS) is 11.6. The van der Waals surface area contributed by atoms with E-state index >= 15 is 0 Å². The molecule has 0 aliphatic carbocycles. The molecule has 0 saturated carbocycles. The van der Waals surface area contributed by atoms with Crippen LogP contribution in [0.3, 0.4) is 0 Å². The number of benzene rings is 3. The summed E-state index contributed by atoms with van der Waals surface area (Å²) in [7, 11) is 0. The van der Waals surface area contributed by atoms with Gasteiger partial charge in [0.25, 0.3) is 11.8 Å². The molecule has 5 heteroatoms. The van der Waals surface area contributed by atoms with Gasteiger partial charge < -0.3 is 4.74 Å². The van der Waals surface area contributed by atoms with Crippen molar-refractivity contribution in [1.82, 2.24) is 10.9 Å². The van der Waals surface area contributed by atoms with E-state index in [2.05, 4.69) is 58.5 Å². The van der Waals surface area contributed by atoms with Crippen LogP contribution in [0.4, 0.5) is 0 Å². The summed E-state index contributed by atoms with van der Waals surface area (Å²) in [4.78, 5) is 24.7. The summed E-state index contributed by atoms with van der Waals surface area (Å²) in [6.45, 7) is 12.6. The topological polar surface area (TPSA) is 67.4 Å². The smallest absolute Gasteiger partial charge is 0.276 e. The third-order valence-electron chi connectivity index (χ3n) is 5.58. The highest BCUT2D eigenvalue weighted by Crippen LogP contribution is 2.35. The molecule has 0 radical (unpaired) electrons. The van der Waals surface area contributed by atoms with Crippen LogP contribution in [0.1, 0.15) is 63.0 Å². The lowest BCUT2D eigenvalue weighted by atomic mass is 9.80. The number of carbonyl (C=O) groups excluding carboxylic acids is 2. The van der Waals surface area contributed by atoms with Gasteiger partial charge in [-0.25, -0.2) is 0 Å². The fraction of sp³-hybridized carbons (Fsp3) is 0.310. The monoisotopic (exact) mass is 458 g/mol. The quantitative estimate of drug-likeness (QED) is 0.476. The molecule has 34 heavy (non-hydrogen) atoms. The highest BCUT2D eigenvalue weighted by Gasteiger charge is 2.23. The van der Waals surface area contributed by atoms with Gasteiger partial charge in [-0.05, 0) is 51.3 Å². The van der Waals surface area contributed by atoms with E-state index in [1.807, 2.05) is 54.6 Å². The Hall–Kier alpha value is -3.60. The number of hydrazine groups is 1. The summed E-state index contributed by atoms with van der Waals surface area (Å²) in [5.74, 6) is -0.162. The maximum Gasteiger partial charge on any atom is 0.276 e. The van der Waals surface area contributed by atoms with Crippen LogP contribution >= 0.6 is 0 Å². The van der Waals surface area contributed by atoms with E-state index in [0.717, 1.165) is 16.7 Å². The second kappa shape index (κ2) is 10.1. The highest BCUT2D eigenvalue weighted by molar-refractivity contribution is 5.95. The lowest BCUT2D eigenvalue weighted by Gasteiger charge is -2.27. The Bertz CT molecular complexity index is 1140. The van der Waals surface area contributed by atoms with Gasteiger partial charge >= 0.3 is 0 Å². The maximum absolute atomic E-state index is 12.4. The Morgan fingerprint density at radius 1 is 0.735 bits per heavy atom. The molecule has 0 atom stereocenters. The molecule has 0 aliphatic heterocycles. The number of nitrogens with one attached hydrogen (secondary N) is 2. The predicted octanol–water partition coefficient (Wildman–Crippen LogP) is 5.79. The Balaban J connectivity index is 1.58. The molecule has 0 bridgehead atoms. The fourth-order valence-electron chi connectivity index (χ4n) is 3.53. The third kappa shape index (κ3) is 6.47. The molecular formula is C29H34N2O3. The van der Waals surface area contributed by atoms with Gasteiger partial charge in [0.05, 0.1) is 0 Å². The number of carbonyl (C=O) groups is 2. The molecule has 3 aromatic rings. The summed E-state index contributed by atoms with van der Waals surface area (Å²) >= 11 is 0. The minimum absolute atomic E-state index is 0.0134. The van der Waals surface area contributed by atoms with E-state index in [-0.39, 0.29) is 17.4 Å². The van der Waals surface area contributed by atoms with Gasteiger partial charge in [-0.3, -0.25) is 20.4 Å². The molecule has 0 spiro atoms. The summed E-state index contributed by atoms with van der Waals surface area (Å²) in [5.41, 5.74) is 9.53. The standard InChI is InChI=1S/C29H34N2O3/c1-28(2,3)23-16-17-25(24(18-23)29(4,5)6)34-19-26(32)30-31-27(33)22-14-12-21(13-15-22)20-10-8-7-9-11-20/h7-18H,19H2,1-6H3,(H,30,32)(H,31,33). The maximum atomic E-state index is 12.4. The van der Waals surface area contributed by atoms with E-state index in [1.165, 1.54) is 5.56 Å². The molecule has 5 nitrogen and oxygen atoms in total. The minimum atomic E-state index is -0.436. The van der Waals surface area contributed by atoms with Gasteiger partial charge in [-0.1, -0.05) is 96.1 Å². The van der Waals surface area contributed by atoms with E-state index in [0.29, 0.717) is 11.3 Å². The second-order valence-electron chi connectivity index (χ2n) is 10.4. The molecule has 3 aromatic carbocycles. The molecule has 0 heterocycles. The van der Waals surface area contributed by atoms with Crippen molar-refractivity contribution in [3.05, 3.63) is 89.5 Å². The Kier molecular flexibility index (Phi) is 7.45. The van der Waals surface area contributed by atoms with Gasteiger partial charge in [-0.2, -0.15) is 0 Å². The Morgan fingerprint density at radius 3 is 1.94 bits per heavy atom. The van der Waals surface area contributed by atoms with Crippen LogP contribution in [0.5, 0.6) is 5.75 Å². The van der Waals surface area contributed by atoms with Crippen molar-refractivity contribution in [1.29, 1.82) is 0 Å². The van der Waals surface area contributed by atoms with Gasteiger partial charge in [0.15, 0.2) is 6.61 Å².